The second-order valence-electron chi connectivity index (χ2n) is 5.71. The van der Waals surface area contributed by atoms with E-state index in [1.807, 2.05) is 13.0 Å². The zero-order valence-corrected chi connectivity index (χ0v) is 14.1. The molecule has 0 spiro atoms. The van der Waals surface area contributed by atoms with E-state index in [9.17, 15) is 9.50 Å². The van der Waals surface area contributed by atoms with Gasteiger partial charge in [0.1, 0.15) is 17.2 Å². The maximum atomic E-state index is 13.6. The zero-order valence-electron chi connectivity index (χ0n) is 14.1. The summed E-state index contributed by atoms with van der Waals surface area (Å²) in [6, 6.07) is 10.2. The van der Waals surface area contributed by atoms with Gasteiger partial charge >= 0.3 is 0 Å². The highest BCUT2D eigenvalue weighted by Gasteiger charge is 2.26. The van der Waals surface area contributed by atoms with Crippen molar-refractivity contribution in [1.82, 2.24) is 10.6 Å². The molecule has 0 amide bonds. The summed E-state index contributed by atoms with van der Waals surface area (Å²) < 4.78 is 18.8. The molecule has 3 N–H and O–H groups in total. The molecule has 0 fully saturated rings. The average Bonchev–Trinajstić information content (AvgIpc) is 3.10. The Hall–Kier alpha value is -2.34. The molecule has 6 heteroatoms. The molecule has 24 heavy (non-hydrogen) atoms. The summed E-state index contributed by atoms with van der Waals surface area (Å²) in [6.07, 6.45) is 2.07. The lowest BCUT2D eigenvalue weighted by Crippen LogP contribution is -2.39. The molecule has 2 rings (SSSR count). The Morgan fingerprint density at radius 2 is 2.04 bits per heavy atom. The first kappa shape index (κ1) is 18.0. The molecule has 0 aliphatic carbocycles. The molecule has 5 nitrogen and oxygen atoms in total. The highest BCUT2D eigenvalue weighted by Crippen LogP contribution is 2.20. The van der Waals surface area contributed by atoms with Gasteiger partial charge in [0, 0.05) is 13.1 Å². The fourth-order valence-electron chi connectivity index (χ4n) is 2.25. The smallest absolute Gasteiger partial charge is 0.191 e. The number of aliphatic imine (C=N–C) groups is 1. The lowest BCUT2D eigenvalue weighted by Gasteiger charge is -2.19. The van der Waals surface area contributed by atoms with Crippen LogP contribution >= 0.6 is 0 Å². The van der Waals surface area contributed by atoms with Gasteiger partial charge in [-0.05, 0) is 44.0 Å². The van der Waals surface area contributed by atoms with Crippen LogP contribution in [0.15, 0.2) is 52.1 Å². The van der Waals surface area contributed by atoms with E-state index in [1.54, 1.807) is 31.2 Å². The van der Waals surface area contributed by atoms with Gasteiger partial charge in [0.05, 0.1) is 12.8 Å². The first-order valence-corrected chi connectivity index (χ1v) is 8.05. The largest absolute Gasteiger partial charge is 0.466 e. The summed E-state index contributed by atoms with van der Waals surface area (Å²) in [5, 5.41) is 16.7. The number of nitrogens with one attached hydrogen (secondary N) is 2. The number of guanidine groups is 1. The molecule has 2 aromatic rings. The SMILES string of the molecule is CCNC(=NCC(C)(O)c1ccco1)NCCc1ccccc1F. The molecule has 0 aliphatic rings. The Bertz CT molecular complexity index is 654. The van der Waals surface area contributed by atoms with Crippen LogP contribution in [0.4, 0.5) is 4.39 Å². The summed E-state index contributed by atoms with van der Waals surface area (Å²) >= 11 is 0. The second kappa shape index (κ2) is 8.49. The summed E-state index contributed by atoms with van der Waals surface area (Å²) in [4.78, 5) is 4.39. The van der Waals surface area contributed by atoms with Crippen molar-refractivity contribution in [3.8, 4) is 0 Å². The normalized spacial score (nSPS) is 14.2. The lowest BCUT2D eigenvalue weighted by molar-refractivity contribution is 0.0437. The Morgan fingerprint density at radius 3 is 2.71 bits per heavy atom. The summed E-state index contributed by atoms with van der Waals surface area (Å²) in [6.45, 7) is 4.98. The zero-order chi connectivity index (χ0) is 17.4. The molecule has 1 unspecified atom stereocenters. The molecule has 0 saturated heterocycles. The minimum atomic E-state index is -1.18. The first-order valence-electron chi connectivity index (χ1n) is 8.05. The van der Waals surface area contributed by atoms with E-state index in [4.69, 9.17) is 4.42 Å². The maximum Gasteiger partial charge on any atom is 0.191 e. The molecule has 1 aromatic heterocycles. The first-order chi connectivity index (χ1) is 11.5. The number of hydrogen-bond acceptors (Lipinski definition) is 3. The van der Waals surface area contributed by atoms with Crippen LogP contribution in [0.25, 0.3) is 0 Å². The van der Waals surface area contributed by atoms with E-state index >= 15 is 0 Å². The van der Waals surface area contributed by atoms with Gasteiger partial charge in [-0.2, -0.15) is 0 Å². The van der Waals surface area contributed by atoms with Crippen LogP contribution in [0.3, 0.4) is 0 Å². The number of rotatable bonds is 7. The molecule has 1 heterocycles. The average molecular weight is 333 g/mol. The second-order valence-corrected chi connectivity index (χ2v) is 5.71. The van der Waals surface area contributed by atoms with E-state index in [-0.39, 0.29) is 12.4 Å². The van der Waals surface area contributed by atoms with Crippen molar-refractivity contribution < 1.29 is 13.9 Å². The maximum absolute atomic E-state index is 13.6. The van der Waals surface area contributed by atoms with E-state index < -0.39 is 5.60 Å². The van der Waals surface area contributed by atoms with Crippen LogP contribution in [0, 0.1) is 5.82 Å². The molecule has 0 radical (unpaired) electrons. The molecule has 130 valence electrons. The van der Waals surface area contributed by atoms with Crippen LogP contribution in [-0.4, -0.2) is 30.7 Å². The molecule has 1 atom stereocenters. The van der Waals surface area contributed by atoms with E-state index in [2.05, 4.69) is 15.6 Å². The predicted octanol–water partition coefficient (Wildman–Crippen LogP) is 2.42. The monoisotopic (exact) mass is 333 g/mol. The fourth-order valence-corrected chi connectivity index (χ4v) is 2.25. The summed E-state index contributed by atoms with van der Waals surface area (Å²) in [5.41, 5.74) is -0.527. The van der Waals surface area contributed by atoms with Gasteiger partial charge in [-0.3, -0.25) is 0 Å². The Morgan fingerprint density at radius 1 is 1.25 bits per heavy atom. The molecular formula is C18H24FN3O2. The number of aliphatic hydroxyl groups is 1. The molecule has 0 aliphatic heterocycles. The van der Waals surface area contributed by atoms with Crippen molar-refractivity contribution in [3.63, 3.8) is 0 Å². The van der Waals surface area contributed by atoms with E-state index in [1.165, 1.54) is 12.3 Å². The van der Waals surface area contributed by atoms with Gasteiger partial charge < -0.3 is 20.2 Å². The third kappa shape index (κ3) is 5.09. The highest BCUT2D eigenvalue weighted by atomic mass is 19.1. The fraction of sp³-hybridized carbons (Fsp3) is 0.389. The topological polar surface area (TPSA) is 69.8 Å². The van der Waals surface area contributed by atoms with Crippen molar-refractivity contribution in [2.45, 2.75) is 25.9 Å². The summed E-state index contributed by atoms with van der Waals surface area (Å²) in [5.74, 6) is 0.830. The highest BCUT2D eigenvalue weighted by molar-refractivity contribution is 5.79. The van der Waals surface area contributed by atoms with Crippen molar-refractivity contribution >= 4 is 5.96 Å². The molecule has 1 aromatic carbocycles. The van der Waals surface area contributed by atoms with Gasteiger partial charge in [-0.1, -0.05) is 18.2 Å². The van der Waals surface area contributed by atoms with Crippen molar-refractivity contribution in [1.29, 1.82) is 0 Å². The third-order valence-electron chi connectivity index (χ3n) is 3.59. The third-order valence-corrected chi connectivity index (χ3v) is 3.59. The minimum absolute atomic E-state index is 0.148. The predicted molar refractivity (Wildman–Crippen MR) is 92.4 cm³/mol. The van der Waals surface area contributed by atoms with Crippen LogP contribution < -0.4 is 10.6 Å². The number of furan rings is 1. The van der Waals surface area contributed by atoms with Gasteiger partial charge in [0.2, 0.25) is 0 Å². The Kier molecular flexibility index (Phi) is 6.37. The number of halogens is 1. The Balaban J connectivity index is 1.92. The van der Waals surface area contributed by atoms with Crippen LogP contribution in [-0.2, 0) is 12.0 Å². The van der Waals surface area contributed by atoms with Crippen LogP contribution in [0.5, 0.6) is 0 Å². The number of nitrogens with zero attached hydrogens (tertiary/aromatic N) is 1. The van der Waals surface area contributed by atoms with E-state index in [0.717, 1.165) is 0 Å². The standard InChI is InChI=1S/C18H24FN3O2/c1-3-20-17(21-11-10-14-7-4-5-8-15(14)19)22-13-18(2,23)16-9-6-12-24-16/h4-9,12,23H,3,10-11,13H2,1-2H3,(H2,20,21,22). The van der Waals surface area contributed by atoms with Gasteiger partial charge in [-0.15, -0.1) is 0 Å². The molecule has 0 saturated carbocycles. The molecule has 0 bridgehead atoms. The van der Waals surface area contributed by atoms with Crippen molar-refractivity contribution in [2.24, 2.45) is 4.99 Å². The molecular weight excluding hydrogens is 309 g/mol. The summed E-state index contributed by atoms with van der Waals surface area (Å²) in [7, 11) is 0. The number of hydrogen-bond donors (Lipinski definition) is 3. The number of benzene rings is 1. The van der Waals surface area contributed by atoms with Gasteiger partial charge in [0.25, 0.3) is 0 Å². The van der Waals surface area contributed by atoms with Crippen molar-refractivity contribution in [2.75, 3.05) is 19.6 Å². The van der Waals surface area contributed by atoms with Crippen molar-refractivity contribution in [3.05, 3.63) is 59.8 Å². The lowest BCUT2D eigenvalue weighted by atomic mass is 10.0. The minimum Gasteiger partial charge on any atom is -0.466 e. The quantitative estimate of drug-likeness (QED) is 0.538. The van der Waals surface area contributed by atoms with Gasteiger partial charge in [0.15, 0.2) is 5.96 Å². The van der Waals surface area contributed by atoms with Crippen LogP contribution in [0.2, 0.25) is 0 Å². The Labute approximate surface area is 141 Å². The van der Waals surface area contributed by atoms with Gasteiger partial charge in [-0.25, -0.2) is 9.38 Å². The van der Waals surface area contributed by atoms with Crippen LogP contribution in [0.1, 0.15) is 25.2 Å². The van der Waals surface area contributed by atoms with E-state index in [0.29, 0.717) is 36.8 Å².